The van der Waals surface area contributed by atoms with Gasteiger partial charge in [-0.25, -0.2) is 0 Å². The SMILES string of the molecule is N#Cc1ccc(OCCCC[NH+]2CCOCC2)cc1. The highest BCUT2D eigenvalue weighted by Crippen LogP contribution is 2.11. The topological polar surface area (TPSA) is 46.7 Å². The molecule has 0 amide bonds. The van der Waals surface area contributed by atoms with Gasteiger partial charge in [-0.2, -0.15) is 5.26 Å². The summed E-state index contributed by atoms with van der Waals surface area (Å²) in [5.41, 5.74) is 0.670. The third-order valence-corrected chi connectivity index (χ3v) is 3.38. The summed E-state index contributed by atoms with van der Waals surface area (Å²) in [7, 11) is 0. The first kappa shape index (κ1) is 13.9. The van der Waals surface area contributed by atoms with Crippen molar-refractivity contribution in [3.8, 4) is 11.8 Å². The number of rotatable bonds is 6. The first-order chi connectivity index (χ1) is 9.38. The fourth-order valence-corrected chi connectivity index (χ4v) is 2.20. The summed E-state index contributed by atoms with van der Waals surface area (Å²) in [5.74, 6) is 0.845. The Morgan fingerprint density at radius 1 is 1.16 bits per heavy atom. The zero-order chi connectivity index (χ0) is 13.3. The van der Waals surface area contributed by atoms with Crippen LogP contribution in [0.2, 0.25) is 0 Å². The second kappa shape index (κ2) is 7.78. The summed E-state index contributed by atoms with van der Waals surface area (Å²) < 4.78 is 11.0. The van der Waals surface area contributed by atoms with Crippen molar-refractivity contribution < 1.29 is 14.4 Å². The van der Waals surface area contributed by atoms with Gasteiger partial charge in [0.15, 0.2) is 0 Å². The molecule has 4 heteroatoms. The average molecular weight is 261 g/mol. The highest BCUT2D eigenvalue weighted by Gasteiger charge is 2.12. The standard InChI is InChI=1S/C15H20N2O2/c16-13-14-3-5-15(6-4-14)19-10-2-1-7-17-8-11-18-12-9-17/h3-6H,1-2,7-12H2/p+1. The van der Waals surface area contributed by atoms with Gasteiger partial charge in [0.2, 0.25) is 0 Å². The third kappa shape index (κ3) is 4.90. The van der Waals surface area contributed by atoms with E-state index < -0.39 is 0 Å². The van der Waals surface area contributed by atoms with Crippen LogP contribution < -0.4 is 9.64 Å². The van der Waals surface area contributed by atoms with Gasteiger partial charge in [0.05, 0.1) is 38.0 Å². The van der Waals surface area contributed by atoms with E-state index in [9.17, 15) is 0 Å². The maximum atomic E-state index is 8.70. The number of unbranched alkanes of at least 4 members (excludes halogenated alkanes) is 1. The lowest BCUT2D eigenvalue weighted by Gasteiger charge is -2.23. The van der Waals surface area contributed by atoms with E-state index in [1.807, 2.05) is 12.1 Å². The second-order valence-electron chi connectivity index (χ2n) is 4.80. The monoisotopic (exact) mass is 261 g/mol. The van der Waals surface area contributed by atoms with E-state index in [1.54, 1.807) is 17.0 Å². The van der Waals surface area contributed by atoms with E-state index in [2.05, 4.69) is 6.07 Å². The molecule has 1 heterocycles. The number of morpholine rings is 1. The van der Waals surface area contributed by atoms with Gasteiger partial charge in [-0.3, -0.25) is 0 Å². The fraction of sp³-hybridized carbons (Fsp3) is 0.533. The van der Waals surface area contributed by atoms with E-state index in [1.165, 1.54) is 13.0 Å². The van der Waals surface area contributed by atoms with Crippen LogP contribution in [0.15, 0.2) is 24.3 Å². The van der Waals surface area contributed by atoms with Crippen LogP contribution in [0.5, 0.6) is 5.75 Å². The molecular weight excluding hydrogens is 240 g/mol. The van der Waals surface area contributed by atoms with Gasteiger partial charge < -0.3 is 14.4 Å². The molecule has 1 N–H and O–H groups in total. The lowest BCUT2D eigenvalue weighted by Crippen LogP contribution is -3.14. The van der Waals surface area contributed by atoms with Crippen LogP contribution in [0.25, 0.3) is 0 Å². The minimum absolute atomic E-state index is 0.670. The molecule has 0 atom stereocenters. The summed E-state index contributed by atoms with van der Waals surface area (Å²) in [6.45, 7) is 6.02. The second-order valence-corrected chi connectivity index (χ2v) is 4.80. The van der Waals surface area contributed by atoms with Crippen molar-refractivity contribution in [2.75, 3.05) is 39.5 Å². The van der Waals surface area contributed by atoms with Crippen LogP contribution in [0.4, 0.5) is 0 Å². The smallest absolute Gasteiger partial charge is 0.119 e. The fourth-order valence-electron chi connectivity index (χ4n) is 2.20. The normalized spacial score (nSPS) is 15.9. The highest BCUT2D eigenvalue weighted by atomic mass is 16.5. The van der Waals surface area contributed by atoms with Gasteiger partial charge in [-0.05, 0) is 37.1 Å². The minimum atomic E-state index is 0.670. The van der Waals surface area contributed by atoms with Crippen LogP contribution in [-0.4, -0.2) is 39.5 Å². The molecule has 0 unspecified atom stereocenters. The zero-order valence-corrected chi connectivity index (χ0v) is 11.2. The molecule has 0 aliphatic carbocycles. The zero-order valence-electron chi connectivity index (χ0n) is 11.2. The summed E-state index contributed by atoms with van der Waals surface area (Å²) >= 11 is 0. The number of nitrogens with one attached hydrogen (secondary N) is 1. The Balaban J connectivity index is 1.57. The molecule has 1 aliphatic heterocycles. The lowest BCUT2D eigenvalue weighted by atomic mass is 10.2. The summed E-state index contributed by atoms with van der Waals surface area (Å²) in [5, 5.41) is 8.70. The lowest BCUT2D eigenvalue weighted by molar-refractivity contribution is -0.908. The molecule has 0 spiro atoms. The van der Waals surface area contributed by atoms with Gasteiger partial charge in [-0.15, -0.1) is 0 Å². The van der Waals surface area contributed by atoms with Gasteiger partial charge in [-0.1, -0.05) is 0 Å². The van der Waals surface area contributed by atoms with E-state index in [0.29, 0.717) is 5.56 Å². The third-order valence-electron chi connectivity index (χ3n) is 3.38. The average Bonchev–Trinajstić information content (AvgIpc) is 2.49. The number of nitrogens with zero attached hydrogens (tertiary/aromatic N) is 1. The van der Waals surface area contributed by atoms with Gasteiger partial charge >= 0.3 is 0 Å². The van der Waals surface area contributed by atoms with Crippen LogP contribution in [0, 0.1) is 11.3 Å². The predicted molar refractivity (Wildman–Crippen MR) is 72.3 cm³/mol. The first-order valence-corrected chi connectivity index (χ1v) is 6.93. The molecule has 2 rings (SSSR count). The number of quaternary nitrogens is 1. The molecule has 1 aromatic carbocycles. The Kier molecular flexibility index (Phi) is 5.67. The van der Waals surface area contributed by atoms with Crippen molar-refractivity contribution >= 4 is 0 Å². The van der Waals surface area contributed by atoms with Crippen molar-refractivity contribution in [1.82, 2.24) is 0 Å². The largest absolute Gasteiger partial charge is 0.494 e. The van der Waals surface area contributed by atoms with Crippen molar-refractivity contribution in [2.45, 2.75) is 12.8 Å². The quantitative estimate of drug-likeness (QED) is 0.764. The van der Waals surface area contributed by atoms with Crippen LogP contribution in [0.1, 0.15) is 18.4 Å². The van der Waals surface area contributed by atoms with Crippen LogP contribution >= 0.6 is 0 Å². The molecule has 0 radical (unpaired) electrons. The summed E-state index contributed by atoms with van der Waals surface area (Å²) in [6.07, 6.45) is 2.26. The molecule has 0 bridgehead atoms. The number of hydrogen-bond acceptors (Lipinski definition) is 3. The van der Waals surface area contributed by atoms with Crippen molar-refractivity contribution in [3.05, 3.63) is 29.8 Å². The summed E-state index contributed by atoms with van der Waals surface area (Å²) in [4.78, 5) is 1.64. The number of nitriles is 1. The van der Waals surface area contributed by atoms with E-state index >= 15 is 0 Å². The van der Waals surface area contributed by atoms with Gasteiger partial charge in [0.1, 0.15) is 18.8 Å². The molecule has 1 saturated heterocycles. The highest BCUT2D eigenvalue weighted by molar-refractivity contribution is 5.34. The van der Waals surface area contributed by atoms with E-state index in [0.717, 1.165) is 45.1 Å². The first-order valence-electron chi connectivity index (χ1n) is 6.93. The molecule has 4 nitrogen and oxygen atoms in total. The maximum absolute atomic E-state index is 8.70. The number of benzene rings is 1. The molecular formula is C15H21N2O2+. The molecule has 1 aromatic rings. The Labute approximate surface area is 114 Å². The number of ether oxygens (including phenoxy) is 2. The minimum Gasteiger partial charge on any atom is -0.494 e. The Morgan fingerprint density at radius 3 is 2.58 bits per heavy atom. The molecule has 0 aromatic heterocycles. The maximum Gasteiger partial charge on any atom is 0.119 e. The molecule has 0 saturated carbocycles. The van der Waals surface area contributed by atoms with Crippen LogP contribution in [0.3, 0.4) is 0 Å². The predicted octanol–water partition coefficient (Wildman–Crippen LogP) is 0.632. The van der Waals surface area contributed by atoms with Crippen molar-refractivity contribution in [1.29, 1.82) is 5.26 Å². The van der Waals surface area contributed by atoms with E-state index in [4.69, 9.17) is 14.7 Å². The van der Waals surface area contributed by atoms with Gasteiger partial charge in [0.25, 0.3) is 0 Å². The Bertz CT molecular complexity index is 405. The molecule has 1 aliphatic rings. The van der Waals surface area contributed by atoms with Crippen molar-refractivity contribution in [2.24, 2.45) is 0 Å². The molecule has 1 fully saturated rings. The number of hydrogen-bond donors (Lipinski definition) is 1. The van der Waals surface area contributed by atoms with E-state index in [-0.39, 0.29) is 0 Å². The summed E-state index contributed by atoms with van der Waals surface area (Å²) in [6, 6.07) is 9.37. The van der Waals surface area contributed by atoms with Crippen molar-refractivity contribution in [3.63, 3.8) is 0 Å². The Morgan fingerprint density at radius 2 is 1.89 bits per heavy atom. The Hall–Kier alpha value is -1.57. The van der Waals surface area contributed by atoms with Crippen LogP contribution in [-0.2, 0) is 4.74 Å². The van der Waals surface area contributed by atoms with Gasteiger partial charge in [0, 0.05) is 0 Å². The molecule has 19 heavy (non-hydrogen) atoms. The molecule has 102 valence electrons.